The maximum Gasteiger partial charge on any atom is 0 e. The summed E-state index contributed by atoms with van der Waals surface area (Å²) in [5.41, 5.74) is 37.6. The zero-order valence-electron chi connectivity index (χ0n) is 7.58. The van der Waals surface area contributed by atoms with Crippen molar-refractivity contribution in [3.05, 3.63) is 34.4 Å². The maximum absolute atomic E-state index is 6.26. The van der Waals surface area contributed by atoms with E-state index in [4.69, 9.17) is 34.4 Å². The van der Waals surface area contributed by atoms with Gasteiger partial charge in [0.2, 0.25) is 0 Å². The van der Waals surface area contributed by atoms with Crippen LogP contribution in [0.25, 0.3) is 34.4 Å². The van der Waals surface area contributed by atoms with E-state index in [0.29, 0.717) is 0 Å². The van der Waals surface area contributed by atoms with Crippen LogP contribution in [-0.4, -0.2) is 39.3 Å². The van der Waals surface area contributed by atoms with E-state index in [1.165, 1.54) is 0 Å². The molecule has 0 aliphatic carbocycles. The van der Waals surface area contributed by atoms with Crippen molar-refractivity contribution in [2.24, 2.45) is 0 Å². The van der Waals surface area contributed by atoms with Crippen LogP contribution in [0.2, 0.25) is 0 Å². The molecule has 0 spiro atoms. The van der Waals surface area contributed by atoms with E-state index in [1.54, 1.807) is 0 Å². The quantitative estimate of drug-likeness (QED) is 0.697. The second-order valence-corrected chi connectivity index (χ2v) is 1.50. The molecule has 0 saturated heterocycles. The molecule has 0 aliphatic rings. The van der Waals surface area contributed by atoms with Gasteiger partial charge in [0.25, 0.3) is 0 Å². The Hall–Kier alpha value is 0.383. The molecule has 0 aromatic heterocycles. The summed E-state index contributed by atoms with van der Waals surface area (Å²) in [6.07, 6.45) is 0. The van der Waals surface area contributed by atoms with Crippen molar-refractivity contribution in [2.45, 2.75) is 0 Å². The summed E-state index contributed by atoms with van der Waals surface area (Å²) in [6.45, 7) is 1.42. The average Bonchev–Trinajstić information content (AvgIpc) is 2.18. The molecule has 0 atom stereocenters. The van der Waals surface area contributed by atoms with E-state index in [9.17, 15) is 0 Å². The van der Waals surface area contributed by atoms with Gasteiger partial charge in [-0.05, 0) is 0 Å². The van der Waals surface area contributed by atoms with Crippen LogP contribution >= 0.6 is 0 Å². The van der Waals surface area contributed by atoms with Gasteiger partial charge in [0.1, 0.15) is 0 Å². The third kappa shape index (κ3) is 117. The number of hydrogen-bond donors (Lipinski definition) is 0. The molecule has 0 aromatic carbocycles. The summed E-state index contributed by atoms with van der Waals surface area (Å²) in [7, 11) is 0. The third-order valence-corrected chi connectivity index (χ3v) is 0.375. The van der Waals surface area contributed by atoms with Gasteiger partial charge >= 0.3 is 0 Å². The average molecular weight is 277 g/mol. The minimum absolute atomic E-state index is 0. The summed E-state index contributed by atoms with van der Waals surface area (Å²) in [5, 5.41) is 0. The smallest absolute Gasteiger partial charge is 0 e. The number of hydrogen-bond acceptors (Lipinski definition) is 0. The molecule has 87 valence electrons. The Morgan fingerprint density at radius 3 is 0.462 bits per heavy atom. The molecule has 0 aromatic rings. The van der Waals surface area contributed by atoms with Crippen LogP contribution in [0.5, 0.6) is 0 Å². The van der Waals surface area contributed by atoms with Crippen molar-refractivity contribution in [3.8, 4) is 0 Å². The van der Waals surface area contributed by atoms with Crippen molar-refractivity contribution in [3.63, 3.8) is 0 Å². The van der Waals surface area contributed by atoms with Gasteiger partial charge in [-0.2, -0.15) is 39.3 Å². The van der Waals surface area contributed by atoms with Crippen LogP contribution in [-0.2, 0) is 19.5 Å². The molecule has 0 rings (SSSR count). The molecule has 0 unspecified atom stereocenters. The fourth-order valence-electron chi connectivity index (χ4n) is 0. The SMILES string of the molecule is [NH-]CC[NH-].[NH-]CC[NH-].[NH-]CC[NH-].[Rh]. The first-order chi connectivity index (χ1) is 5.74. The van der Waals surface area contributed by atoms with E-state index in [0.717, 1.165) is 0 Å². The van der Waals surface area contributed by atoms with Gasteiger partial charge in [-0.1, -0.05) is 0 Å². The van der Waals surface area contributed by atoms with Crippen molar-refractivity contribution in [1.82, 2.24) is 0 Å². The largest absolute Gasteiger partial charge is 0.679 e. The molecule has 0 aliphatic heterocycles. The van der Waals surface area contributed by atoms with Crippen LogP contribution in [0.15, 0.2) is 0 Å². The molecule has 6 nitrogen and oxygen atoms in total. The second-order valence-electron chi connectivity index (χ2n) is 1.50. The van der Waals surface area contributed by atoms with Gasteiger partial charge in [0.15, 0.2) is 0 Å². The molecular weight excluding hydrogens is 259 g/mol. The summed E-state index contributed by atoms with van der Waals surface area (Å²) < 4.78 is 0. The van der Waals surface area contributed by atoms with Crippen LogP contribution in [0.3, 0.4) is 0 Å². The van der Waals surface area contributed by atoms with Crippen molar-refractivity contribution < 1.29 is 19.5 Å². The summed E-state index contributed by atoms with van der Waals surface area (Å²) in [5.74, 6) is 0. The normalized spacial score (nSPS) is 6.92. The monoisotopic (exact) mass is 277 g/mol. The van der Waals surface area contributed by atoms with Gasteiger partial charge in [-0.15, -0.1) is 0 Å². The standard InChI is InChI=1S/3C2H6N2.Rh/c3*3-1-2-4;/h3*3-4H,1-2H2;/q3*-2;. The molecule has 1 radical (unpaired) electrons. The molecule has 6 N–H and O–H groups in total. The Morgan fingerprint density at radius 1 is 0.385 bits per heavy atom. The number of nitrogens with one attached hydrogen (secondary N) is 6. The van der Waals surface area contributed by atoms with Crippen LogP contribution in [0.4, 0.5) is 0 Å². The second kappa shape index (κ2) is 39.4. The van der Waals surface area contributed by atoms with Gasteiger partial charge in [0.05, 0.1) is 0 Å². The van der Waals surface area contributed by atoms with Gasteiger partial charge in [-0.3, -0.25) is 0 Å². The van der Waals surface area contributed by atoms with E-state index in [2.05, 4.69) is 0 Å². The van der Waals surface area contributed by atoms with Crippen molar-refractivity contribution in [1.29, 1.82) is 0 Å². The third-order valence-electron chi connectivity index (χ3n) is 0.375. The minimum atomic E-state index is 0. The topological polar surface area (TPSA) is 143 Å². The zero-order valence-corrected chi connectivity index (χ0v) is 9.21. The van der Waals surface area contributed by atoms with Gasteiger partial charge in [-0.25, -0.2) is 0 Å². The van der Waals surface area contributed by atoms with E-state index < -0.39 is 0 Å². The zero-order chi connectivity index (χ0) is 10.2. The Balaban J connectivity index is -0.0000000450. The van der Waals surface area contributed by atoms with Crippen LogP contribution in [0, 0.1) is 0 Å². The molecule has 13 heavy (non-hydrogen) atoms. The molecule has 0 heterocycles. The van der Waals surface area contributed by atoms with Crippen molar-refractivity contribution in [2.75, 3.05) is 39.3 Å². The summed E-state index contributed by atoms with van der Waals surface area (Å²) in [4.78, 5) is 0. The Kier molecular flexibility index (Phi) is 70.6. The number of rotatable bonds is 3. The Bertz CT molecular complexity index is 32.6. The van der Waals surface area contributed by atoms with E-state index in [-0.39, 0.29) is 58.7 Å². The van der Waals surface area contributed by atoms with Gasteiger partial charge < -0.3 is 34.4 Å². The molecular formula is C6H18N6Rh-6. The van der Waals surface area contributed by atoms with Gasteiger partial charge in [0, 0.05) is 19.5 Å². The first-order valence-electron chi connectivity index (χ1n) is 3.62. The first kappa shape index (κ1) is 23.3. The molecule has 0 bridgehead atoms. The molecule has 0 amide bonds. The summed E-state index contributed by atoms with van der Waals surface area (Å²) in [6, 6.07) is 0. The molecule has 0 fully saturated rings. The Labute approximate surface area is 93.5 Å². The van der Waals surface area contributed by atoms with E-state index in [1.807, 2.05) is 0 Å². The summed E-state index contributed by atoms with van der Waals surface area (Å²) >= 11 is 0. The fraction of sp³-hybridized carbons (Fsp3) is 1.00. The molecule has 7 heteroatoms. The van der Waals surface area contributed by atoms with Crippen LogP contribution < -0.4 is 0 Å². The maximum atomic E-state index is 6.26. The first-order valence-corrected chi connectivity index (χ1v) is 3.62. The molecule has 0 saturated carbocycles. The fourth-order valence-corrected chi connectivity index (χ4v) is 0. The van der Waals surface area contributed by atoms with Crippen LogP contribution in [0.1, 0.15) is 0 Å². The predicted molar refractivity (Wildman–Crippen MR) is 55.1 cm³/mol. The predicted octanol–water partition coefficient (Wildman–Crippen LogP) is 3.27. The Morgan fingerprint density at radius 2 is 0.462 bits per heavy atom. The van der Waals surface area contributed by atoms with Crippen molar-refractivity contribution >= 4 is 0 Å². The minimum Gasteiger partial charge on any atom is -0.679 e. The van der Waals surface area contributed by atoms with E-state index >= 15 is 0 Å².